The van der Waals surface area contributed by atoms with E-state index >= 15 is 0 Å². The van der Waals surface area contributed by atoms with Gasteiger partial charge in [-0.3, -0.25) is 4.79 Å². The van der Waals surface area contributed by atoms with E-state index in [2.05, 4.69) is 4.74 Å². The van der Waals surface area contributed by atoms with Gasteiger partial charge in [0.25, 0.3) is 0 Å². The molecule has 0 saturated carbocycles. The Morgan fingerprint density at radius 3 is 2.33 bits per heavy atom. The number of carbonyl (C=O) groups is 1. The van der Waals surface area contributed by atoms with Crippen LogP contribution in [-0.2, 0) is 14.3 Å². The topological polar surface area (TPSA) is 116 Å². The van der Waals surface area contributed by atoms with E-state index in [4.69, 9.17) is 14.9 Å². The molecule has 1 heterocycles. The fourth-order valence-corrected chi connectivity index (χ4v) is 1.27. The van der Waals surface area contributed by atoms with Crippen molar-refractivity contribution in [2.45, 2.75) is 37.6 Å². The highest BCUT2D eigenvalue weighted by Gasteiger charge is 2.43. The van der Waals surface area contributed by atoms with Crippen molar-refractivity contribution in [1.29, 1.82) is 0 Å². The molecule has 0 aromatic carbocycles. The van der Waals surface area contributed by atoms with E-state index < -0.39 is 36.7 Å². The molecule has 0 aromatic heterocycles. The fraction of sp³-hybridized carbons (Fsp3) is 0.875. The molecule has 0 radical (unpaired) electrons. The van der Waals surface area contributed by atoms with Crippen LogP contribution in [-0.4, -0.2) is 63.7 Å². The molecule has 1 aliphatic heterocycles. The van der Waals surface area contributed by atoms with E-state index in [0.717, 1.165) is 0 Å². The number of hydrogen-bond donors (Lipinski definition) is 4. The molecule has 7 nitrogen and oxygen atoms in total. The molecule has 88 valence electrons. The van der Waals surface area contributed by atoms with Crippen molar-refractivity contribution in [3.05, 3.63) is 0 Å². The van der Waals surface area contributed by atoms with Crippen molar-refractivity contribution < 1.29 is 34.7 Å². The van der Waals surface area contributed by atoms with Crippen LogP contribution in [0.3, 0.4) is 0 Å². The molecule has 0 amide bonds. The van der Waals surface area contributed by atoms with Crippen LogP contribution in [0.1, 0.15) is 6.92 Å². The third kappa shape index (κ3) is 2.86. The summed E-state index contributed by atoms with van der Waals surface area (Å²) < 4.78 is 9.31. The summed E-state index contributed by atoms with van der Waals surface area (Å²) in [6, 6.07) is 0. The van der Waals surface area contributed by atoms with Crippen LogP contribution in [0.15, 0.2) is 0 Å². The van der Waals surface area contributed by atoms with E-state index in [1.54, 1.807) is 0 Å². The maximum Gasteiger partial charge on any atom is 0.302 e. The number of rotatable bonds is 2. The van der Waals surface area contributed by atoms with Crippen molar-refractivity contribution in [3.63, 3.8) is 0 Å². The lowest BCUT2D eigenvalue weighted by Gasteiger charge is -2.37. The van der Waals surface area contributed by atoms with E-state index in [9.17, 15) is 15.0 Å². The summed E-state index contributed by atoms with van der Waals surface area (Å²) in [6.45, 7) is 0.883. The van der Waals surface area contributed by atoms with E-state index in [0.29, 0.717) is 0 Å². The highest BCUT2D eigenvalue weighted by atomic mass is 16.6. The Morgan fingerprint density at radius 2 is 1.80 bits per heavy atom. The minimum atomic E-state index is -1.61. The molecule has 7 heteroatoms. The van der Waals surface area contributed by atoms with Crippen LogP contribution in [0.25, 0.3) is 0 Å². The van der Waals surface area contributed by atoms with Gasteiger partial charge in [0.15, 0.2) is 6.29 Å². The Balaban J connectivity index is 2.54. The number of aliphatic hydroxyl groups is 4. The molecule has 15 heavy (non-hydrogen) atoms. The van der Waals surface area contributed by atoms with Gasteiger partial charge in [-0.15, -0.1) is 0 Å². The molecule has 0 aliphatic carbocycles. The highest BCUT2D eigenvalue weighted by Crippen LogP contribution is 2.19. The van der Waals surface area contributed by atoms with Crippen molar-refractivity contribution in [3.8, 4) is 0 Å². The van der Waals surface area contributed by atoms with Gasteiger partial charge in [-0.25, -0.2) is 0 Å². The van der Waals surface area contributed by atoms with Crippen LogP contribution < -0.4 is 0 Å². The monoisotopic (exact) mass is 222 g/mol. The summed E-state index contributed by atoms with van der Waals surface area (Å²) in [4.78, 5) is 10.5. The molecule has 4 N–H and O–H groups in total. The summed E-state index contributed by atoms with van der Waals surface area (Å²) in [6.07, 6.45) is -7.18. The smallest absolute Gasteiger partial charge is 0.302 e. The first kappa shape index (κ1) is 12.3. The number of carbonyl (C=O) groups excluding carboxylic acids is 1. The van der Waals surface area contributed by atoms with Crippen molar-refractivity contribution >= 4 is 5.97 Å². The predicted molar refractivity (Wildman–Crippen MR) is 45.5 cm³/mol. The minimum absolute atomic E-state index is 0.294. The molecule has 1 fully saturated rings. The summed E-state index contributed by atoms with van der Waals surface area (Å²) in [7, 11) is 0. The number of esters is 1. The Labute approximate surface area is 85.9 Å². The van der Waals surface area contributed by atoms with Gasteiger partial charge < -0.3 is 29.9 Å². The molecule has 1 rings (SSSR count). The van der Waals surface area contributed by atoms with E-state index in [-0.39, 0.29) is 6.61 Å². The van der Waals surface area contributed by atoms with Crippen molar-refractivity contribution in [2.24, 2.45) is 0 Å². The quantitative estimate of drug-likeness (QED) is 0.377. The minimum Gasteiger partial charge on any atom is -0.463 e. The highest BCUT2D eigenvalue weighted by molar-refractivity contribution is 5.65. The Morgan fingerprint density at radius 1 is 1.20 bits per heavy atom. The van der Waals surface area contributed by atoms with Crippen molar-refractivity contribution in [2.75, 3.05) is 6.61 Å². The third-order valence-corrected chi connectivity index (χ3v) is 2.14. The Kier molecular flexibility index (Phi) is 4.00. The van der Waals surface area contributed by atoms with E-state index in [1.807, 2.05) is 0 Å². The van der Waals surface area contributed by atoms with Gasteiger partial charge >= 0.3 is 5.97 Å². The zero-order valence-electron chi connectivity index (χ0n) is 8.11. The van der Waals surface area contributed by atoms with Gasteiger partial charge in [0.1, 0.15) is 31.0 Å². The average Bonchev–Trinajstić information content (AvgIpc) is 2.18. The van der Waals surface area contributed by atoms with Gasteiger partial charge in [0, 0.05) is 6.92 Å². The Hall–Kier alpha value is -0.730. The predicted octanol–water partition coefficient (Wildman–Crippen LogP) is -2.65. The largest absolute Gasteiger partial charge is 0.463 e. The zero-order valence-corrected chi connectivity index (χ0v) is 8.11. The summed E-state index contributed by atoms with van der Waals surface area (Å²) >= 11 is 0. The standard InChI is InChI=1S/C8H14O7/c1-3(9)14-2-4-5(10)6(11)7(12)8(13)15-4/h4-8,10-13H,2H2,1H3/t4-,5-,6+,7+,8-/m0/s1. The first-order chi connectivity index (χ1) is 6.93. The fourth-order valence-electron chi connectivity index (χ4n) is 1.27. The molecule has 5 atom stereocenters. The summed E-state index contributed by atoms with van der Waals surface area (Å²) in [5.74, 6) is -0.569. The van der Waals surface area contributed by atoms with Gasteiger partial charge in [-0.1, -0.05) is 0 Å². The van der Waals surface area contributed by atoms with Gasteiger partial charge in [0.05, 0.1) is 0 Å². The SMILES string of the molecule is CC(=O)OC[C@@H]1O[C@H](O)[C@H](O)[C@H](O)[C@H]1O. The molecular formula is C8H14O7. The number of aliphatic hydroxyl groups excluding tert-OH is 4. The summed E-state index contributed by atoms with van der Waals surface area (Å²) in [5.41, 5.74) is 0. The molecule has 0 bridgehead atoms. The first-order valence-electron chi connectivity index (χ1n) is 4.44. The second-order valence-electron chi connectivity index (χ2n) is 3.34. The lowest BCUT2D eigenvalue weighted by Crippen LogP contribution is -2.58. The van der Waals surface area contributed by atoms with Gasteiger partial charge in [-0.05, 0) is 0 Å². The molecule has 0 spiro atoms. The second-order valence-corrected chi connectivity index (χ2v) is 3.34. The average molecular weight is 222 g/mol. The van der Waals surface area contributed by atoms with Crippen LogP contribution in [0.4, 0.5) is 0 Å². The molecule has 1 saturated heterocycles. The number of hydrogen-bond acceptors (Lipinski definition) is 7. The summed E-state index contributed by atoms with van der Waals surface area (Å²) in [5, 5.41) is 36.9. The normalized spacial score (nSPS) is 41.3. The Bertz CT molecular complexity index is 231. The molecule has 1 aliphatic rings. The maximum atomic E-state index is 10.5. The first-order valence-corrected chi connectivity index (χ1v) is 4.44. The van der Waals surface area contributed by atoms with Crippen LogP contribution in [0.5, 0.6) is 0 Å². The lowest BCUT2D eigenvalue weighted by molar-refractivity contribution is -0.287. The molecular weight excluding hydrogens is 208 g/mol. The molecule has 0 unspecified atom stereocenters. The molecule has 0 aromatic rings. The second kappa shape index (κ2) is 4.86. The van der Waals surface area contributed by atoms with Crippen LogP contribution in [0.2, 0.25) is 0 Å². The van der Waals surface area contributed by atoms with Crippen molar-refractivity contribution in [1.82, 2.24) is 0 Å². The van der Waals surface area contributed by atoms with E-state index in [1.165, 1.54) is 6.92 Å². The lowest BCUT2D eigenvalue weighted by atomic mass is 9.99. The van der Waals surface area contributed by atoms with Crippen LogP contribution in [0, 0.1) is 0 Å². The van der Waals surface area contributed by atoms with Crippen LogP contribution >= 0.6 is 0 Å². The van der Waals surface area contributed by atoms with Gasteiger partial charge in [0.2, 0.25) is 0 Å². The van der Waals surface area contributed by atoms with Gasteiger partial charge in [-0.2, -0.15) is 0 Å². The zero-order chi connectivity index (χ0) is 11.6. The number of ether oxygens (including phenoxy) is 2. The third-order valence-electron chi connectivity index (χ3n) is 2.14. The maximum absolute atomic E-state index is 10.5.